The molecular formula is C4H12N2O2S+. The van der Waals surface area contributed by atoms with Gasteiger partial charge >= 0.3 is 0 Å². The fourth-order valence-corrected chi connectivity index (χ4v) is 0.929. The second-order valence-corrected chi connectivity index (χ2v) is 3.90. The fraction of sp³-hybridized carbons (Fsp3) is 1.00. The Hall–Kier alpha value is -0.130. The van der Waals surface area contributed by atoms with Crippen LogP contribution in [0.15, 0.2) is 0 Å². The van der Waals surface area contributed by atoms with Crippen LogP contribution >= 0.6 is 0 Å². The normalized spacial score (nSPS) is 12.4. The lowest BCUT2D eigenvalue weighted by Gasteiger charge is -1.96. The lowest BCUT2D eigenvalue weighted by atomic mass is 10.7. The monoisotopic (exact) mass is 152 g/mol. The maximum Gasteiger partial charge on any atom is 0.214 e. The minimum atomic E-state index is -3.26. The van der Waals surface area contributed by atoms with Gasteiger partial charge in [-0.1, -0.05) is 0 Å². The van der Waals surface area contributed by atoms with Gasteiger partial charge < -0.3 is 0 Å². The molecule has 9 heavy (non-hydrogen) atoms. The predicted octanol–water partition coefficient (Wildman–Crippen LogP) is -1.33. The Morgan fingerprint density at radius 1 is 1.44 bits per heavy atom. The van der Waals surface area contributed by atoms with Crippen LogP contribution in [0.2, 0.25) is 0 Å². The molecule has 4 nitrogen and oxygen atoms in total. The van der Waals surface area contributed by atoms with Crippen molar-refractivity contribution in [1.29, 1.82) is 0 Å². The zero-order valence-corrected chi connectivity index (χ0v) is 6.48. The smallest absolute Gasteiger partial charge is 0.214 e. The number of hydrogen-bond acceptors (Lipinski definition) is 3. The third kappa shape index (κ3) is 7.87. The summed E-state index contributed by atoms with van der Waals surface area (Å²) >= 11 is 0. The molecule has 2 N–H and O–H groups in total. The third-order valence-corrected chi connectivity index (χ3v) is 1.57. The molecule has 0 bridgehead atoms. The van der Waals surface area contributed by atoms with Crippen molar-refractivity contribution >= 4 is 10.0 Å². The van der Waals surface area contributed by atoms with Crippen molar-refractivity contribution in [3.8, 4) is 0 Å². The molecule has 0 atom stereocenters. The third-order valence-electron chi connectivity index (χ3n) is 0.823. The highest BCUT2D eigenvalue weighted by atomic mass is 32.2. The average molecular weight is 152 g/mol. The molecule has 55 valence electrons. The summed E-state index contributed by atoms with van der Waals surface area (Å²) in [6, 6.07) is 0. The van der Waals surface area contributed by atoms with Gasteiger partial charge in [0, 0.05) is 0 Å². The molecule has 0 rings (SSSR count). The first-order chi connectivity index (χ1) is 3.92. The number of sulfonamides is 1. The minimum absolute atomic E-state index is 0.0278. The van der Waals surface area contributed by atoms with Crippen molar-refractivity contribution in [3.63, 3.8) is 0 Å². The maximum absolute atomic E-state index is 10.3. The van der Waals surface area contributed by atoms with E-state index in [1.165, 1.54) is 0 Å². The van der Waals surface area contributed by atoms with E-state index in [2.05, 4.69) is 0 Å². The highest BCUT2D eigenvalue weighted by molar-refractivity contribution is 7.89. The van der Waals surface area contributed by atoms with E-state index in [0.717, 1.165) is 0 Å². The van der Waals surface area contributed by atoms with Gasteiger partial charge in [-0.3, -0.25) is 0 Å². The lowest BCUT2D eigenvalue weighted by molar-refractivity contribution is 0.566. The van der Waals surface area contributed by atoms with Crippen molar-refractivity contribution in [1.82, 2.24) is 4.90 Å². The number of primary sulfonamides is 1. The summed E-state index contributed by atoms with van der Waals surface area (Å²) in [6.45, 7) is 0.485. The summed E-state index contributed by atoms with van der Waals surface area (Å²) in [5.74, 6) is 0.0278. The number of nitrogens with zero attached hydrogens (tertiary/aromatic N) is 1. The van der Waals surface area contributed by atoms with E-state index in [9.17, 15) is 8.42 Å². The zero-order chi connectivity index (χ0) is 7.49. The first-order valence-corrected chi connectivity index (χ1v) is 4.28. The van der Waals surface area contributed by atoms with Crippen molar-refractivity contribution in [2.24, 2.45) is 5.14 Å². The molecule has 1 radical (unpaired) electrons. The van der Waals surface area contributed by atoms with Crippen LogP contribution in [0.1, 0.15) is 0 Å². The molecule has 0 saturated carbocycles. The van der Waals surface area contributed by atoms with E-state index in [0.29, 0.717) is 6.54 Å². The highest BCUT2D eigenvalue weighted by Crippen LogP contribution is 1.76. The van der Waals surface area contributed by atoms with Crippen molar-refractivity contribution < 1.29 is 8.42 Å². The number of hydrogen-bond donors (Lipinski definition) is 1. The van der Waals surface area contributed by atoms with Crippen LogP contribution in [-0.4, -0.2) is 34.8 Å². The van der Waals surface area contributed by atoms with Gasteiger partial charge in [-0.25, -0.2) is 13.6 Å². The molecule has 0 spiro atoms. The van der Waals surface area contributed by atoms with Crippen LogP contribution < -0.4 is 10.0 Å². The summed E-state index contributed by atoms with van der Waals surface area (Å²) < 4.78 is 20.6. The van der Waals surface area contributed by atoms with E-state index in [1.807, 2.05) is 0 Å². The summed E-state index contributed by atoms with van der Waals surface area (Å²) in [7, 11) is 0.333. The summed E-state index contributed by atoms with van der Waals surface area (Å²) in [5.41, 5.74) is 0. The van der Waals surface area contributed by atoms with Crippen LogP contribution in [0.3, 0.4) is 0 Å². The molecule has 0 aromatic carbocycles. The van der Waals surface area contributed by atoms with Crippen LogP contribution in [0.5, 0.6) is 0 Å². The van der Waals surface area contributed by atoms with Crippen LogP contribution in [-0.2, 0) is 10.0 Å². The summed E-state index contributed by atoms with van der Waals surface area (Å²) in [6.07, 6.45) is 0. The molecule has 0 aromatic rings. The van der Waals surface area contributed by atoms with Crippen LogP contribution in [0, 0.1) is 0 Å². The zero-order valence-electron chi connectivity index (χ0n) is 5.66. The van der Waals surface area contributed by atoms with E-state index < -0.39 is 10.0 Å². The molecule has 0 saturated heterocycles. The first kappa shape index (κ1) is 8.87. The molecule has 0 aliphatic rings. The quantitative estimate of drug-likeness (QED) is 0.509. The predicted molar refractivity (Wildman–Crippen MR) is 36.8 cm³/mol. The first-order valence-electron chi connectivity index (χ1n) is 2.57. The molecule has 0 heterocycles. The molecule has 0 fully saturated rings. The number of nitrogens with two attached hydrogens (primary N) is 1. The lowest BCUT2D eigenvalue weighted by Crippen LogP contribution is -2.29. The van der Waals surface area contributed by atoms with Gasteiger partial charge in [-0.05, 0) is 0 Å². The molecule has 0 unspecified atom stereocenters. The second-order valence-electron chi connectivity index (χ2n) is 2.17. The fourth-order valence-electron chi connectivity index (χ4n) is 0.310. The van der Waals surface area contributed by atoms with E-state index >= 15 is 0 Å². The molecule has 0 aliphatic carbocycles. The molecule has 5 heteroatoms. The van der Waals surface area contributed by atoms with Gasteiger partial charge in [0.25, 0.3) is 0 Å². The Bertz CT molecular complexity index is 161. The van der Waals surface area contributed by atoms with Gasteiger partial charge in [-0.2, -0.15) is 4.90 Å². The van der Waals surface area contributed by atoms with E-state index in [4.69, 9.17) is 5.14 Å². The van der Waals surface area contributed by atoms with Crippen molar-refractivity contribution in [3.05, 3.63) is 0 Å². The van der Waals surface area contributed by atoms with Crippen molar-refractivity contribution in [2.75, 3.05) is 26.4 Å². The van der Waals surface area contributed by atoms with Gasteiger partial charge in [0.05, 0.1) is 0 Å². The Morgan fingerprint density at radius 2 is 1.89 bits per heavy atom. The average Bonchev–Trinajstić information content (AvgIpc) is 1.59. The molecule has 0 aromatic heterocycles. The van der Waals surface area contributed by atoms with Gasteiger partial charge in [0.15, 0.2) is 0 Å². The Morgan fingerprint density at radius 3 is 2.00 bits per heavy atom. The Kier molecular flexibility index (Phi) is 3.10. The molecular weight excluding hydrogens is 140 g/mol. The molecule has 0 aliphatic heterocycles. The van der Waals surface area contributed by atoms with Gasteiger partial charge in [-0.15, -0.1) is 0 Å². The van der Waals surface area contributed by atoms with Crippen molar-refractivity contribution in [2.45, 2.75) is 0 Å². The van der Waals surface area contributed by atoms with Crippen LogP contribution in [0.4, 0.5) is 0 Å². The van der Waals surface area contributed by atoms with Crippen LogP contribution in [0.25, 0.3) is 0 Å². The van der Waals surface area contributed by atoms with E-state index in [-0.39, 0.29) is 5.75 Å². The van der Waals surface area contributed by atoms with Gasteiger partial charge in [0.2, 0.25) is 10.0 Å². The number of rotatable bonds is 3. The maximum atomic E-state index is 10.3. The van der Waals surface area contributed by atoms with Gasteiger partial charge in [0.1, 0.15) is 26.4 Å². The summed E-state index contributed by atoms with van der Waals surface area (Å²) in [4.78, 5) is 1.77. The SMILES string of the molecule is C[N+](C)CCS(N)(=O)=O. The largest absolute Gasteiger partial charge is 0.229 e. The minimum Gasteiger partial charge on any atom is -0.229 e. The standard InChI is InChI=1S/C4H12N2O2S/c1-6(2)3-4-9(5,7)8/h3-4H2,1-2H3,(H2,5,7,8)/q+1. The summed E-state index contributed by atoms with van der Waals surface area (Å²) in [5, 5.41) is 4.73. The molecule has 0 amide bonds. The highest BCUT2D eigenvalue weighted by Gasteiger charge is 2.07. The Balaban J connectivity index is 3.53. The topological polar surface area (TPSA) is 66.1 Å². The van der Waals surface area contributed by atoms with E-state index in [1.54, 1.807) is 19.0 Å². The Labute approximate surface area is 55.7 Å². The second kappa shape index (κ2) is 3.14.